The first-order chi connectivity index (χ1) is 12.7. The van der Waals surface area contributed by atoms with Crippen LogP contribution in [-0.2, 0) is 9.53 Å². The van der Waals surface area contributed by atoms with E-state index in [-0.39, 0.29) is 11.4 Å². The number of carbonyl (C=O) groups excluding carboxylic acids is 2. The summed E-state index contributed by atoms with van der Waals surface area (Å²) >= 11 is 0. The molecule has 0 radical (unpaired) electrons. The highest BCUT2D eigenvalue weighted by molar-refractivity contribution is 6.09. The number of ketones is 1. The maximum absolute atomic E-state index is 12.5. The van der Waals surface area contributed by atoms with Gasteiger partial charge >= 0.3 is 5.97 Å². The minimum atomic E-state index is -0.815. The van der Waals surface area contributed by atoms with Gasteiger partial charge in [-0.3, -0.25) is 4.79 Å². The lowest BCUT2D eigenvalue weighted by molar-refractivity contribution is -0.137. The fourth-order valence-corrected chi connectivity index (χ4v) is 2.61. The fourth-order valence-electron chi connectivity index (χ4n) is 2.61. The summed E-state index contributed by atoms with van der Waals surface area (Å²) in [6, 6.07) is 23.7. The summed E-state index contributed by atoms with van der Waals surface area (Å²) in [5, 5.41) is 10.9. The lowest BCUT2D eigenvalue weighted by Crippen LogP contribution is -2.15. The zero-order valence-electron chi connectivity index (χ0n) is 13.9. The Morgan fingerprint density at radius 2 is 1.62 bits per heavy atom. The molecule has 0 heterocycles. The molecule has 0 saturated carbocycles. The van der Waals surface area contributed by atoms with E-state index in [2.05, 4.69) is 0 Å². The highest BCUT2D eigenvalue weighted by atomic mass is 16.5. The van der Waals surface area contributed by atoms with E-state index >= 15 is 0 Å². The highest BCUT2D eigenvalue weighted by Crippen LogP contribution is 2.19. The summed E-state index contributed by atoms with van der Waals surface area (Å²) in [7, 11) is 0. The van der Waals surface area contributed by atoms with Crippen molar-refractivity contribution in [3.63, 3.8) is 0 Å². The molecule has 3 aromatic rings. The molecule has 3 rings (SSSR count). The molecule has 4 nitrogen and oxygen atoms in total. The molecule has 0 unspecified atom stereocenters. The van der Waals surface area contributed by atoms with Crippen LogP contribution >= 0.6 is 0 Å². The molecule has 0 aromatic heterocycles. The molecule has 0 aliphatic rings. The van der Waals surface area contributed by atoms with Gasteiger partial charge in [0.1, 0.15) is 11.6 Å². The predicted octanol–water partition coefficient (Wildman–Crippen LogP) is 4.17. The summed E-state index contributed by atoms with van der Waals surface area (Å²) in [6.07, 6.45) is 1.44. The molecule has 126 valence electrons. The van der Waals surface area contributed by atoms with Gasteiger partial charge in [-0.15, -0.1) is 0 Å². The topological polar surface area (TPSA) is 67.2 Å². The maximum Gasteiger partial charge on any atom is 0.349 e. The van der Waals surface area contributed by atoms with Crippen molar-refractivity contribution in [1.29, 1.82) is 5.26 Å². The quantitative estimate of drug-likeness (QED) is 0.302. The molecule has 26 heavy (non-hydrogen) atoms. The lowest BCUT2D eigenvalue weighted by Gasteiger charge is -2.07. The van der Waals surface area contributed by atoms with Gasteiger partial charge in [0.05, 0.1) is 0 Å². The number of nitrogens with zero attached hydrogens (tertiary/aromatic N) is 1. The van der Waals surface area contributed by atoms with Crippen LogP contribution in [0.5, 0.6) is 0 Å². The van der Waals surface area contributed by atoms with Crippen LogP contribution in [-0.4, -0.2) is 18.4 Å². The molecular formula is C22H15NO3. The number of Topliss-reactive ketones (excluding diaryl/α,β-unsaturated/α-hetero) is 1. The molecule has 3 aromatic carbocycles. The Kier molecular flexibility index (Phi) is 5.21. The first-order valence-electron chi connectivity index (χ1n) is 8.04. The Morgan fingerprint density at radius 1 is 0.923 bits per heavy atom. The normalized spacial score (nSPS) is 11.0. The number of ether oxygens (including phenoxy) is 1. The van der Waals surface area contributed by atoms with E-state index in [0.29, 0.717) is 11.1 Å². The molecule has 0 aliphatic heterocycles. The zero-order valence-corrected chi connectivity index (χ0v) is 13.9. The second kappa shape index (κ2) is 7.91. The summed E-state index contributed by atoms with van der Waals surface area (Å²) in [5.41, 5.74) is 1.05. The molecule has 0 amide bonds. The van der Waals surface area contributed by atoms with Crippen LogP contribution in [0.25, 0.3) is 16.8 Å². The summed E-state index contributed by atoms with van der Waals surface area (Å²) in [4.78, 5) is 24.6. The van der Waals surface area contributed by atoms with Crippen molar-refractivity contribution in [3.8, 4) is 6.07 Å². The summed E-state index contributed by atoms with van der Waals surface area (Å²) in [6.45, 7) is -0.416. The number of hydrogen-bond donors (Lipinski definition) is 0. The number of benzene rings is 3. The number of carbonyl (C=O) groups is 2. The highest BCUT2D eigenvalue weighted by Gasteiger charge is 2.15. The third-order valence-corrected chi connectivity index (χ3v) is 3.88. The van der Waals surface area contributed by atoms with E-state index in [4.69, 9.17) is 4.74 Å². The van der Waals surface area contributed by atoms with E-state index in [1.807, 2.05) is 42.5 Å². The third-order valence-electron chi connectivity index (χ3n) is 3.88. The van der Waals surface area contributed by atoms with Crippen LogP contribution in [0.15, 0.2) is 78.4 Å². The largest absolute Gasteiger partial charge is 0.453 e. The second-order valence-corrected chi connectivity index (χ2v) is 5.61. The molecule has 0 aliphatic carbocycles. The van der Waals surface area contributed by atoms with Crippen LogP contribution in [0.1, 0.15) is 15.9 Å². The van der Waals surface area contributed by atoms with Crippen molar-refractivity contribution in [2.24, 2.45) is 0 Å². The summed E-state index contributed by atoms with van der Waals surface area (Å²) in [5.74, 6) is -1.13. The average molecular weight is 341 g/mol. The Hall–Kier alpha value is -3.71. The van der Waals surface area contributed by atoms with E-state index in [1.165, 1.54) is 6.08 Å². The average Bonchev–Trinajstić information content (AvgIpc) is 2.70. The standard InChI is InChI=1S/C22H15NO3/c23-14-18(13-16-7-2-1-3-8-16)22(25)26-15-21(24)20-12-6-10-17-9-4-5-11-19(17)20/h1-13H,15H2/b18-13-. The van der Waals surface area contributed by atoms with Crippen molar-refractivity contribution in [3.05, 3.63) is 89.5 Å². The first-order valence-corrected chi connectivity index (χ1v) is 8.04. The van der Waals surface area contributed by atoms with Gasteiger partial charge in [-0.2, -0.15) is 5.26 Å². The number of nitriles is 1. The Labute approximate surface area is 150 Å². The van der Waals surface area contributed by atoms with Gasteiger partial charge in [-0.1, -0.05) is 72.8 Å². The van der Waals surface area contributed by atoms with Gasteiger partial charge in [-0.25, -0.2) is 4.79 Å². The second-order valence-electron chi connectivity index (χ2n) is 5.61. The molecule has 0 spiro atoms. The molecular weight excluding hydrogens is 326 g/mol. The van der Waals surface area contributed by atoms with Crippen LogP contribution in [0.4, 0.5) is 0 Å². The molecule has 0 bridgehead atoms. The first kappa shape index (κ1) is 17.1. The van der Waals surface area contributed by atoms with Crippen molar-refractivity contribution in [2.45, 2.75) is 0 Å². The molecule has 0 fully saturated rings. The van der Waals surface area contributed by atoms with E-state index in [9.17, 15) is 14.9 Å². The lowest BCUT2D eigenvalue weighted by atomic mass is 10.0. The van der Waals surface area contributed by atoms with Crippen LogP contribution in [0, 0.1) is 11.3 Å². The van der Waals surface area contributed by atoms with Gasteiger partial charge in [0.2, 0.25) is 5.78 Å². The summed E-state index contributed by atoms with van der Waals surface area (Å²) < 4.78 is 5.05. The fraction of sp³-hybridized carbons (Fsp3) is 0.0455. The van der Waals surface area contributed by atoms with Crippen molar-refractivity contribution >= 4 is 28.6 Å². The van der Waals surface area contributed by atoms with Crippen molar-refractivity contribution in [1.82, 2.24) is 0 Å². The SMILES string of the molecule is N#C/C(=C/c1ccccc1)C(=O)OCC(=O)c1cccc2ccccc12. The smallest absolute Gasteiger partial charge is 0.349 e. The van der Waals surface area contributed by atoms with Crippen molar-refractivity contribution in [2.75, 3.05) is 6.61 Å². The number of rotatable bonds is 5. The van der Waals surface area contributed by atoms with Gasteiger partial charge in [0, 0.05) is 5.56 Å². The Morgan fingerprint density at radius 3 is 2.38 bits per heavy atom. The predicted molar refractivity (Wildman–Crippen MR) is 99.3 cm³/mol. The molecule has 0 N–H and O–H groups in total. The third kappa shape index (κ3) is 3.85. The monoisotopic (exact) mass is 341 g/mol. The van der Waals surface area contributed by atoms with E-state index in [0.717, 1.165) is 10.8 Å². The number of hydrogen-bond acceptors (Lipinski definition) is 4. The van der Waals surface area contributed by atoms with Gasteiger partial charge < -0.3 is 4.74 Å². The number of fused-ring (bicyclic) bond motifs is 1. The van der Waals surface area contributed by atoms with Gasteiger partial charge in [0.15, 0.2) is 6.61 Å². The van der Waals surface area contributed by atoms with Crippen LogP contribution < -0.4 is 0 Å². The minimum Gasteiger partial charge on any atom is -0.453 e. The molecule has 4 heteroatoms. The molecule has 0 saturated heterocycles. The maximum atomic E-state index is 12.5. The van der Waals surface area contributed by atoms with E-state index in [1.54, 1.807) is 36.4 Å². The van der Waals surface area contributed by atoms with Gasteiger partial charge in [-0.05, 0) is 22.4 Å². The van der Waals surface area contributed by atoms with Crippen LogP contribution in [0.2, 0.25) is 0 Å². The zero-order chi connectivity index (χ0) is 18.4. The minimum absolute atomic E-state index is 0.151. The van der Waals surface area contributed by atoms with Gasteiger partial charge in [0.25, 0.3) is 0 Å². The Bertz CT molecular complexity index is 1020. The molecule has 0 atom stereocenters. The van der Waals surface area contributed by atoms with E-state index < -0.39 is 12.6 Å². The van der Waals surface area contributed by atoms with Crippen molar-refractivity contribution < 1.29 is 14.3 Å². The van der Waals surface area contributed by atoms with Crippen LogP contribution in [0.3, 0.4) is 0 Å². The number of esters is 1. The Balaban J connectivity index is 1.73.